The summed E-state index contributed by atoms with van der Waals surface area (Å²) >= 11 is 1.37. The molecular formula is C22H28N2O2S. The molecule has 0 aliphatic heterocycles. The van der Waals surface area contributed by atoms with Crippen molar-refractivity contribution in [2.75, 3.05) is 22.5 Å². The van der Waals surface area contributed by atoms with Gasteiger partial charge in [-0.1, -0.05) is 49.2 Å². The van der Waals surface area contributed by atoms with Crippen LogP contribution in [0.25, 0.3) is 0 Å². The number of carbonyl (C=O) groups is 2. The highest BCUT2D eigenvalue weighted by atomic mass is 32.2. The monoisotopic (exact) mass is 384 g/mol. The minimum atomic E-state index is -0.286. The molecule has 0 aliphatic rings. The number of unbranched alkanes of at least 4 members (excludes halogenated alkanes) is 1. The minimum absolute atomic E-state index is 0.0442. The summed E-state index contributed by atoms with van der Waals surface area (Å²) in [5, 5.41) is 2.59. The summed E-state index contributed by atoms with van der Waals surface area (Å²) in [7, 11) is 0. The summed E-state index contributed by atoms with van der Waals surface area (Å²) in [4.78, 5) is 26.9. The fraction of sp³-hybridized carbons (Fsp3) is 0.364. The molecule has 4 nitrogen and oxygen atoms in total. The summed E-state index contributed by atoms with van der Waals surface area (Å²) in [6, 6.07) is 17.4. The second kappa shape index (κ2) is 10.8. The molecule has 144 valence electrons. The lowest BCUT2D eigenvalue weighted by Crippen LogP contribution is -2.38. The van der Waals surface area contributed by atoms with E-state index in [1.807, 2.05) is 73.3 Å². The highest BCUT2D eigenvalue weighted by molar-refractivity contribution is 8.01. The van der Waals surface area contributed by atoms with Crippen LogP contribution in [0, 0.1) is 6.92 Å². The number of amides is 2. The van der Waals surface area contributed by atoms with E-state index >= 15 is 0 Å². The molecule has 2 aromatic rings. The van der Waals surface area contributed by atoms with Crippen LogP contribution in [0.4, 0.5) is 11.4 Å². The lowest BCUT2D eigenvalue weighted by molar-refractivity contribution is -0.117. The van der Waals surface area contributed by atoms with Crippen LogP contribution in [0.3, 0.4) is 0 Å². The topological polar surface area (TPSA) is 49.4 Å². The van der Waals surface area contributed by atoms with Gasteiger partial charge in [0.15, 0.2) is 0 Å². The summed E-state index contributed by atoms with van der Waals surface area (Å²) in [5.41, 5.74) is 2.83. The van der Waals surface area contributed by atoms with E-state index in [0.717, 1.165) is 29.8 Å². The second-order valence-corrected chi connectivity index (χ2v) is 7.88. The number of para-hydroxylation sites is 1. The molecular weight excluding hydrogens is 356 g/mol. The van der Waals surface area contributed by atoms with Crippen LogP contribution in [-0.2, 0) is 9.59 Å². The van der Waals surface area contributed by atoms with Gasteiger partial charge in [0, 0.05) is 17.9 Å². The number of nitrogens with zero attached hydrogens (tertiary/aromatic N) is 1. The van der Waals surface area contributed by atoms with Crippen LogP contribution in [0.5, 0.6) is 0 Å². The maximum absolute atomic E-state index is 12.9. The zero-order chi connectivity index (χ0) is 19.6. The zero-order valence-electron chi connectivity index (χ0n) is 16.3. The Labute approximate surface area is 166 Å². The van der Waals surface area contributed by atoms with E-state index in [-0.39, 0.29) is 22.8 Å². The van der Waals surface area contributed by atoms with Crippen molar-refractivity contribution in [2.24, 2.45) is 0 Å². The molecule has 2 amide bonds. The van der Waals surface area contributed by atoms with Gasteiger partial charge in [0.2, 0.25) is 11.8 Å². The molecule has 2 aromatic carbocycles. The zero-order valence-corrected chi connectivity index (χ0v) is 17.1. The molecule has 1 unspecified atom stereocenters. The van der Waals surface area contributed by atoms with E-state index in [0.29, 0.717) is 6.54 Å². The molecule has 0 saturated carbocycles. The average Bonchev–Trinajstić information content (AvgIpc) is 2.69. The maximum Gasteiger partial charge on any atom is 0.239 e. The standard InChI is InChI=1S/C22H28N2O2S/c1-4-5-15-24(20-9-7-6-8-10-20)22(26)18(3)27-16-21(25)23-19-13-11-17(2)12-14-19/h6-14,18H,4-5,15-16H2,1-3H3,(H,23,25). The van der Waals surface area contributed by atoms with Gasteiger partial charge in [-0.05, 0) is 44.5 Å². The Morgan fingerprint density at radius 1 is 1.07 bits per heavy atom. The molecule has 0 aromatic heterocycles. The lowest BCUT2D eigenvalue weighted by atomic mass is 10.2. The normalized spacial score (nSPS) is 11.7. The number of hydrogen-bond acceptors (Lipinski definition) is 3. The van der Waals surface area contributed by atoms with E-state index in [9.17, 15) is 9.59 Å². The average molecular weight is 385 g/mol. The van der Waals surface area contributed by atoms with Gasteiger partial charge in [0.05, 0.1) is 11.0 Å². The molecule has 0 bridgehead atoms. The summed E-state index contributed by atoms with van der Waals surface area (Å²) in [5.74, 6) is 0.197. The van der Waals surface area contributed by atoms with Gasteiger partial charge in [-0.25, -0.2) is 0 Å². The van der Waals surface area contributed by atoms with Crippen molar-refractivity contribution in [1.82, 2.24) is 0 Å². The van der Waals surface area contributed by atoms with Crippen molar-refractivity contribution >= 4 is 35.0 Å². The first-order chi connectivity index (χ1) is 13.0. The Morgan fingerprint density at radius 3 is 2.37 bits per heavy atom. The molecule has 0 radical (unpaired) electrons. The first-order valence-electron chi connectivity index (χ1n) is 9.35. The highest BCUT2D eigenvalue weighted by Crippen LogP contribution is 2.21. The third-order valence-electron chi connectivity index (χ3n) is 4.22. The van der Waals surface area contributed by atoms with Crippen LogP contribution < -0.4 is 10.2 Å². The smallest absolute Gasteiger partial charge is 0.239 e. The van der Waals surface area contributed by atoms with Gasteiger partial charge in [0.1, 0.15) is 0 Å². The molecule has 1 atom stereocenters. The summed E-state index contributed by atoms with van der Waals surface area (Å²) in [6.07, 6.45) is 1.98. The molecule has 5 heteroatoms. The van der Waals surface area contributed by atoms with Gasteiger partial charge >= 0.3 is 0 Å². The molecule has 0 saturated heterocycles. The first kappa shape index (κ1) is 21.0. The van der Waals surface area contributed by atoms with Crippen molar-refractivity contribution in [2.45, 2.75) is 38.9 Å². The number of benzene rings is 2. The van der Waals surface area contributed by atoms with Gasteiger partial charge in [0.25, 0.3) is 0 Å². The maximum atomic E-state index is 12.9. The van der Waals surface area contributed by atoms with Gasteiger partial charge in [-0.2, -0.15) is 0 Å². The number of hydrogen-bond donors (Lipinski definition) is 1. The Hall–Kier alpha value is -2.27. The van der Waals surface area contributed by atoms with Crippen LogP contribution in [0.2, 0.25) is 0 Å². The van der Waals surface area contributed by atoms with E-state index < -0.39 is 0 Å². The van der Waals surface area contributed by atoms with Crippen molar-refractivity contribution in [3.05, 3.63) is 60.2 Å². The van der Waals surface area contributed by atoms with E-state index in [4.69, 9.17) is 0 Å². The third kappa shape index (κ3) is 6.75. The third-order valence-corrected chi connectivity index (χ3v) is 5.35. The summed E-state index contributed by atoms with van der Waals surface area (Å²) in [6.45, 7) is 6.68. The number of anilines is 2. The number of aryl methyl sites for hydroxylation is 1. The van der Waals surface area contributed by atoms with E-state index in [2.05, 4.69) is 12.2 Å². The van der Waals surface area contributed by atoms with Crippen LogP contribution >= 0.6 is 11.8 Å². The Balaban J connectivity index is 1.91. The van der Waals surface area contributed by atoms with Crippen LogP contribution in [0.1, 0.15) is 32.3 Å². The number of nitrogens with one attached hydrogen (secondary N) is 1. The van der Waals surface area contributed by atoms with Gasteiger partial charge in [-0.15, -0.1) is 11.8 Å². The fourth-order valence-electron chi connectivity index (χ4n) is 2.62. The Bertz CT molecular complexity index is 732. The largest absolute Gasteiger partial charge is 0.325 e. The van der Waals surface area contributed by atoms with Gasteiger partial charge in [-0.3, -0.25) is 9.59 Å². The minimum Gasteiger partial charge on any atom is -0.325 e. The second-order valence-electron chi connectivity index (χ2n) is 6.55. The quantitative estimate of drug-likeness (QED) is 0.670. The molecule has 1 N–H and O–H groups in total. The first-order valence-corrected chi connectivity index (χ1v) is 10.4. The van der Waals surface area contributed by atoms with Crippen molar-refractivity contribution < 1.29 is 9.59 Å². The number of thioether (sulfide) groups is 1. The van der Waals surface area contributed by atoms with Crippen molar-refractivity contribution in [3.8, 4) is 0 Å². The molecule has 0 fully saturated rings. The molecule has 0 spiro atoms. The number of rotatable bonds is 9. The summed E-state index contributed by atoms with van der Waals surface area (Å²) < 4.78 is 0. The highest BCUT2D eigenvalue weighted by Gasteiger charge is 2.22. The number of carbonyl (C=O) groups excluding carboxylic acids is 2. The predicted molar refractivity (Wildman–Crippen MR) is 115 cm³/mol. The van der Waals surface area contributed by atoms with Crippen molar-refractivity contribution in [1.29, 1.82) is 0 Å². The predicted octanol–water partition coefficient (Wildman–Crippen LogP) is 4.89. The van der Waals surface area contributed by atoms with Gasteiger partial charge < -0.3 is 10.2 Å². The Morgan fingerprint density at radius 2 is 1.74 bits per heavy atom. The van der Waals surface area contributed by atoms with Crippen LogP contribution in [0.15, 0.2) is 54.6 Å². The molecule has 0 aliphatic carbocycles. The molecule has 0 heterocycles. The van der Waals surface area contributed by atoms with E-state index in [1.165, 1.54) is 11.8 Å². The fourth-order valence-corrected chi connectivity index (χ4v) is 3.36. The van der Waals surface area contributed by atoms with E-state index in [1.54, 1.807) is 0 Å². The Kier molecular flexibility index (Phi) is 8.40. The van der Waals surface area contributed by atoms with Crippen molar-refractivity contribution in [3.63, 3.8) is 0 Å². The lowest BCUT2D eigenvalue weighted by Gasteiger charge is -2.25. The SMILES string of the molecule is CCCCN(C(=O)C(C)SCC(=O)Nc1ccc(C)cc1)c1ccccc1. The molecule has 2 rings (SSSR count). The van der Waals surface area contributed by atoms with Crippen LogP contribution in [-0.4, -0.2) is 29.4 Å². The molecule has 27 heavy (non-hydrogen) atoms.